The van der Waals surface area contributed by atoms with Gasteiger partial charge < -0.3 is 24.8 Å². The van der Waals surface area contributed by atoms with Gasteiger partial charge in [0.1, 0.15) is 5.60 Å². The summed E-state index contributed by atoms with van der Waals surface area (Å²) in [4.78, 5) is 13.7. The molecule has 0 spiro atoms. The molecule has 0 aliphatic carbocycles. The fraction of sp³-hybridized carbons (Fsp3) is 0.812. The number of amides is 1. The normalized spacial score (nSPS) is 11.0. The Bertz CT molecular complexity index is 334. The van der Waals surface area contributed by atoms with E-state index in [1.165, 1.54) is 0 Å². The van der Waals surface area contributed by atoms with E-state index in [4.69, 9.17) is 26.4 Å². The molecule has 0 rings (SSSR count). The minimum Gasteiger partial charge on any atom is -0.444 e. The molecule has 0 aromatic carbocycles. The summed E-state index contributed by atoms with van der Waals surface area (Å²) in [6, 6.07) is 0. The number of hydrogen-bond donors (Lipinski definition) is 1. The maximum absolute atomic E-state index is 12.1. The van der Waals surface area contributed by atoms with Gasteiger partial charge in [0.2, 0.25) is 0 Å². The van der Waals surface area contributed by atoms with E-state index >= 15 is 0 Å². The molecule has 0 atom stereocenters. The van der Waals surface area contributed by atoms with Crippen LogP contribution in [0.3, 0.4) is 0 Å². The Morgan fingerprint density at radius 2 is 1.77 bits per heavy atom. The van der Waals surface area contributed by atoms with Crippen molar-refractivity contribution in [3.8, 4) is 12.3 Å². The molecular formula is C16H30N2O4. The summed E-state index contributed by atoms with van der Waals surface area (Å²) in [6.07, 6.45) is 6.11. The fourth-order valence-corrected chi connectivity index (χ4v) is 1.53. The lowest BCUT2D eigenvalue weighted by Gasteiger charge is -2.27. The molecule has 0 saturated carbocycles. The molecule has 0 saturated heterocycles. The van der Waals surface area contributed by atoms with Gasteiger partial charge in [0.15, 0.2) is 0 Å². The molecule has 6 heteroatoms. The van der Waals surface area contributed by atoms with Crippen LogP contribution in [0.25, 0.3) is 0 Å². The summed E-state index contributed by atoms with van der Waals surface area (Å²) in [6.45, 7) is 9.04. The summed E-state index contributed by atoms with van der Waals surface area (Å²) in [5.41, 5.74) is 4.99. The van der Waals surface area contributed by atoms with Crippen molar-refractivity contribution in [2.45, 2.75) is 39.2 Å². The first-order valence-electron chi connectivity index (χ1n) is 7.67. The summed E-state index contributed by atoms with van der Waals surface area (Å²) in [7, 11) is 0. The topological polar surface area (TPSA) is 74.0 Å². The Kier molecular flexibility index (Phi) is 11.6. The molecule has 6 nitrogen and oxygen atoms in total. The molecule has 0 aromatic rings. The number of hydrogen-bond acceptors (Lipinski definition) is 5. The Morgan fingerprint density at radius 3 is 2.32 bits per heavy atom. The van der Waals surface area contributed by atoms with Crippen LogP contribution in [0, 0.1) is 12.3 Å². The lowest BCUT2D eigenvalue weighted by atomic mass is 10.2. The summed E-state index contributed by atoms with van der Waals surface area (Å²) in [5.74, 6) is 2.50. The molecule has 128 valence electrons. The van der Waals surface area contributed by atoms with Crippen molar-refractivity contribution in [2.24, 2.45) is 5.73 Å². The number of ether oxygens (including phenoxy) is 3. The SMILES string of the molecule is C#CCCOCCOCCN(CCCN)C(=O)OC(C)(C)C. The smallest absolute Gasteiger partial charge is 0.410 e. The Labute approximate surface area is 134 Å². The van der Waals surface area contributed by atoms with Crippen LogP contribution in [-0.4, -0.2) is 62.7 Å². The predicted octanol–water partition coefficient (Wildman–Crippen LogP) is 1.63. The van der Waals surface area contributed by atoms with Crippen LogP contribution >= 0.6 is 0 Å². The average Bonchev–Trinajstić information content (AvgIpc) is 2.43. The van der Waals surface area contributed by atoms with Crippen molar-refractivity contribution in [1.29, 1.82) is 0 Å². The zero-order valence-corrected chi connectivity index (χ0v) is 14.1. The van der Waals surface area contributed by atoms with Gasteiger partial charge in [-0.05, 0) is 33.7 Å². The van der Waals surface area contributed by atoms with E-state index in [9.17, 15) is 4.79 Å². The van der Waals surface area contributed by atoms with Crippen molar-refractivity contribution in [3.63, 3.8) is 0 Å². The Morgan fingerprint density at radius 1 is 1.14 bits per heavy atom. The predicted molar refractivity (Wildman–Crippen MR) is 86.6 cm³/mol. The number of carbonyl (C=O) groups excluding carboxylic acids is 1. The monoisotopic (exact) mass is 314 g/mol. The van der Waals surface area contributed by atoms with Gasteiger partial charge in [0.05, 0.1) is 26.4 Å². The molecule has 0 unspecified atom stereocenters. The van der Waals surface area contributed by atoms with Gasteiger partial charge in [-0.15, -0.1) is 12.3 Å². The lowest BCUT2D eigenvalue weighted by molar-refractivity contribution is 0.0111. The highest BCUT2D eigenvalue weighted by atomic mass is 16.6. The number of nitrogens with two attached hydrogens (primary N) is 1. The van der Waals surface area contributed by atoms with E-state index < -0.39 is 5.60 Å². The largest absolute Gasteiger partial charge is 0.444 e. The van der Waals surface area contributed by atoms with E-state index in [-0.39, 0.29) is 6.09 Å². The van der Waals surface area contributed by atoms with Crippen molar-refractivity contribution < 1.29 is 19.0 Å². The van der Waals surface area contributed by atoms with E-state index in [0.717, 1.165) is 6.42 Å². The summed E-state index contributed by atoms with van der Waals surface area (Å²) < 4.78 is 16.1. The molecule has 0 bridgehead atoms. The molecule has 22 heavy (non-hydrogen) atoms. The third kappa shape index (κ3) is 12.5. The van der Waals surface area contributed by atoms with Crippen LogP contribution in [0.15, 0.2) is 0 Å². The van der Waals surface area contributed by atoms with Crippen molar-refractivity contribution in [1.82, 2.24) is 4.90 Å². The van der Waals surface area contributed by atoms with Crippen LogP contribution in [-0.2, 0) is 14.2 Å². The second-order valence-electron chi connectivity index (χ2n) is 5.79. The van der Waals surface area contributed by atoms with Gasteiger partial charge in [-0.3, -0.25) is 0 Å². The van der Waals surface area contributed by atoms with E-state index in [1.807, 2.05) is 20.8 Å². The molecule has 0 fully saturated rings. The minimum absolute atomic E-state index is 0.338. The maximum atomic E-state index is 12.1. The molecule has 0 radical (unpaired) electrons. The Balaban J connectivity index is 3.95. The molecule has 0 aliphatic rings. The van der Waals surface area contributed by atoms with Crippen LogP contribution in [0.4, 0.5) is 4.79 Å². The molecule has 1 amide bonds. The van der Waals surface area contributed by atoms with E-state index in [0.29, 0.717) is 52.5 Å². The fourth-order valence-electron chi connectivity index (χ4n) is 1.53. The number of rotatable bonds is 11. The second-order valence-corrected chi connectivity index (χ2v) is 5.79. The molecule has 0 heterocycles. The lowest BCUT2D eigenvalue weighted by Crippen LogP contribution is -2.39. The van der Waals surface area contributed by atoms with Gasteiger partial charge in [-0.1, -0.05) is 0 Å². The van der Waals surface area contributed by atoms with Gasteiger partial charge in [0.25, 0.3) is 0 Å². The van der Waals surface area contributed by atoms with Gasteiger partial charge in [-0.25, -0.2) is 4.79 Å². The van der Waals surface area contributed by atoms with Crippen LogP contribution in [0.2, 0.25) is 0 Å². The van der Waals surface area contributed by atoms with Gasteiger partial charge in [0, 0.05) is 19.5 Å². The van der Waals surface area contributed by atoms with Crippen LogP contribution < -0.4 is 5.73 Å². The van der Waals surface area contributed by atoms with E-state index in [2.05, 4.69) is 5.92 Å². The number of carbonyl (C=O) groups is 1. The van der Waals surface area contributed by atoms with Crippen LogP contribution in [0.5, 0.6) is 0 Å². The molecular weight excluding hydrogens is 284 g/mol. The Hall–Kier alpha value is -1.29. The van der Waals surface area contributed by atoms with E-state index in [1.54, 1.807) is 4.90 Å². The first kappa shape index (κ1) is 20.7. The first-order chi connectivity index (χ1) is 10.4. The molecule has 0 aliphatic heterocycles. The second kappa shape index (κ2) is 12.3. The number of nitrogens with zero attached hydrogens (tertiary/aromatic N) is 1. The average molecular weight is 314 g/mol. The van der Waals surface area contributed by atoms with Gasteiger partial charge >= 0.3 is 6.09 Å². The quantitative estimate of drug-likeness (QED) is 0.463. The molecule has 0 aromatic heterocycles. The third-order valence-corrected chi connectivity index (χ3v) is 2.55. The maximum Gasteiger partial charge on any atom is 0.410 e. The van der Waals surface area contributed by atoms with Crippen molar-refractivity contribution in [3.05, 3.63) is 0 Å². The van der Waals surface area contributed by atoms with Crippen molar-refractivity contribution in [2.75, 3.05) is 46.1 Å². The zero-order valence-electron chi connectivity index (χ0n) is 14.1. The van der Waals surface area contributed by atoms with Crippen molar-refractivity contribution >= 4 is 6.09 Å². The molecule has 2 N–H and O–H groups in total. The van der Waals surface area contributed by atoms with Gasteiger partial charge in [-0.2, -0.15) is 0 Å². The minimum atomic E-state index is -0.510. The third-order valence-electron chi connectivity index (χ3n) is 2.55. The van der Waals surface area contributed by atoms with Crippen LogP contribution in [0.1, 0.15) is 33.6 Å². The standard InChI is InChI=1S/C16H30N2O4/c1-5-6-11-20-13-14-21-12-10-18(9-7-8-17)15(19)22-16(2,3)4/h1H,6-14,17H2,2-4H3. The zero-order chi connectivity index (χ0) is 16.8. The summed E-state index contributed by atoms with van der Waals surface area (Å²) >= 11 is 0. The first-order valence-corrected chi connectivity index (χ1v) is 7.67. The highest BCUT2D eigenvalue weighted by molar-refractivity contribution is 5.68. The number of terminal acetylenes is 1. The highest BCUT2D eigenvalue weighted by Crippen LogP contribution is 2.10. The summed E-state index contributed by atoms with van der Waals surface area (Å²) in [5, 5.41) is 0. The highest BCUT2D eigenvalue weighted by Gasteiger charge is 2.21.